The van der Waals surface area contributed by atoms with E-state index in [1.165, 1.54) is 0 Å². The lowest BCUT2D eigenvalue weighted by atomic mass is 10.4. The Labute approximate surface area is 78.2 Å². The predicted octanol–water partition coefficient (Wildman–Crippen LogP) is 1.46. The van der Waals surface area contributed by atoms with Crippen molar-refractivity contribution in [3.63, 3.8) is 0 Å². The van der Waals surface area contributed by atoms with Crippen molar-refractivity contribution in [2.24, 2.45) is 0 Å². The highest BCUT2D eigenvalue weighted by Crippen LogP contribution is 2.24. The zero-order chi connectivity index (χ0) is 7.56. The van der Waals surface area contributed by atoms with E-state index < -0.39 is 10.8 Å². The van der Waals surface area contributed by atoms with Gasteiger partial charge in [-0.05, 0) is 6.42 Å². The molecule has 1 nitrogen and oxygen atoms in total. The maximum absolute atomic E-state index is 10.9. The van der Waals surface area contributed by atoms with Gasteiger partial charge in [-0.15, -0.1) is 24.4 Å². The van der Waals surface area contributed by atoms with Crippen LogP contribution in [0.5, 0.6) is 0 Å². The van der Waals surface area contributed by atoms with Gasteiger partial charge in [-0.1, -0.05) is 12.2 Å². The first kappa shape index (κ1) is 9.03. The summed E-state index contributed by atoms with van der Waals surface area (Å²) < 4.78 is 11.5. The number of thiol groups is 1. The number of rotatable bonds is 1. The summed E-state index contributed by atoms with van der Waals surface area (Å²) in [4.78, 5) is 0. The predicted molar refractivity (Wildman–Crippen MR) is 55.5 cm³/mol. The van der Waals surface area contributed by atoms with Gasteiger partial charge in [0.2, 0.25) is 0 Å². The smallest absolute Gasteiger partial charge is 0.101 e. The number of hydrogen-bond acceptors (Lipinski definition) is 3. The zero-order valence-electron chi connectivity index (χ0n) is 5.28. The Morgan fingerprint density at radius 2 is 2.50 bits per heavy atom. The highest BCUT2D eigenvalue weighted by atomic mass is 32.2. The molecule has 1 rings (SSSR count). The van der Waals surface area contributed by atoms with Gasteiger partial charge in [-0.25, -0.2) is 0 Å². The van der Waals surface area contributed by atoms with Crippen LogP contribution < -0.4 is 0 Å². The van der Waals surface area contributed by atoms with Gasteiger partial charge in [0.15, 0.2) is 0 Å². The number of thioether (sulfide) groups is 1. The molecule has 5 heteroatoms. The van der Waals surface area contributed by atoms with Crippen molar-refractivity contribution < 1.29 is 4.21 Å². The lowest BCUT2D eigenvalue weighted by molar-refractivity contribution is 0.687. The van der Waals surface area contributed by atoms with E-state index in [4.69, 9.17) is 12.2 Å². The van der Waals surface area contributed by atoms with Crippen molar-refractivity contribution >= 4 is 50.9 Å². The summed E-state index contributed by atoms with van der Waals surface area (Å²) in [7, 11) is -0.584. The van der Waals surface area contributed by atoms with Gasteiger partial charge in [-0.3, -0.25) is 4.21 Å². The summed E-state index contributed by atoms with van der Waals surface area (Å²) in [6.45, 7) is 0. The second-order valence-corrected chi connectivity index (χ2v) is 6.76. The molecule has 1 heterocycles. The summed E-state index contributed by atoms with van der Waals surface area (Å²) in [6.07, 6.45) is 1.03. The minimum atomic E-state index is -0.584. The lowest BCUT2D eigenvalue weighted by Gasteiger charge is -2.02. The van der Waals surface area contributed by atoms with Crippen LogP contribution in [0.3, 0.4) is 0 Å². The van der Waals surface area contributed by atoms with E-state index in [2.05, 4.69) is 12.6 Å². The fraction of sp³-hybridized carbons (Fsp3) is 0.800. The SMILES string of the molecule is O=S1CCC(SC(=S)S)C1. The molecule has 58 valence electrons. The van der Waals surface area contributed by atoms with Gasteiger partial charge in [0.1, 0.15) is 3.53 Å². The molecule has 0 spiro atoms. The van der Waals surface area contributed by atoms with E-state index in [1.54, 1.807) is 11.8 Å². The van der Waals surface area contributed by atoms with Crippen molar-refractivity contribution in [1.82, 2.24) is 0 Å². The Morgan fingerprint density at radius 3 is 2.90 bits per heavy atom. The van der Waals surface area contributed by atoms with E-state index >= 15 is 0 Å². The van der Waals surface area contributed by atoms with Gasteiger partial charge < -0.3 is 0 Å². The third-order valence-corrected chi connectivity index (χ3v) is 4.53. The third-order valence-electron chi connectivity index (χ3n) is 1.31. The summed E-state index contributed by atoms with van der Waals surface area (Å²) >= 11 is 10.4. The van der Waals surface area contributed by atoms with Gasteiger partial charge in [-0.2, -0.15) is 0 Å². The monoisotopic (exact) mass is 212 g/mol. The second kappa shape index (κ2) is 4.09. The van der Waals surface area contributed by atoms with Crippen molar-refractivity contribution in [3.05, 3.63) is 0 Å². The van der Waals surface area contributed by atoms with E-state index in [1.807, 2.05) is 0 Å². The highest BCUT2D eigenvalue weighted by Gasteiger charge is 2.21. The normalized spacial score (nSPS) is 32.5. The molecule has 0 amide bonds. The molecule has 2 unspecified atom stereocenters. The standard InChI is InChI=1S/C5H8OS4/c6-10-2-1-4(3-10)9-5(7)8/h4H,1-3H2,(H,7,8). The topological polar surface area (TPSA) is 17.1 Å². The molecule has 1 aliphatic rings. The van der Waals surface area contributed by atoms with Crippen LogP contribution in [0.1, 0.15) is 6.42 Å². The van der Waals surface area contributed by atoms with Gasteiger partial charge >= 0.3 is 0 Å². The Balaban J connectivity index is 2.31. The molecule has 1 fully saturated rings. The Bertz CT molecular complexity index is 167. The molecule has 0 aromatic rings. The van der Waals surface area contributed by atoms with Crippen molar-refractivity contribution in [2.45, 2.75) is 11.7 Å². The van der Waals surface area contributed by atoms with E-state index in [0.29, 0.717) is 8.78 Å². The summed E-state index contributed by atoms with van der Waals surface area (Å²) in [5, 5.41) is 0.464. The summed E-state index contributed by atoms with van der Waals surface area (Å²) in [5.41, 5.74) is 0. The minimum Gasteiger partial charge on any atom is -0.260 e. The van der Waals surface area contributed by atoms with Crippen LogP contribution in [0.2, 0.25) is 0 Å². The quantitative estimate of drug-likeness (QED) is 0.524. The number of hydrogen-bond donors (Lipinski definition) is 1. The highest BCUT2D eigenvalue weighted by molar-refractivity contribution is 8.42. The molecule has 0 aromatic carbocycles. The molecule has 0 radical (unpaired) electrons. The third kappa shape index (κ3) is 2.90. The van der Waals surface area contributed by atoms with Crippen molar-refractivity contribution in [2.75, 3.05) is 11.5 Å². The van der Waals surface area contributed by atoms with Crippen LogP contribution in [-0.2, 0) is 10.8 Å². The maximum Gasteiger partial charge on any atom is 0.101 e. The van der Waals surface area contributed by atoms with E-state index in [9.17, 15) is 4.21 Å². The van der Waals surface area contributed by atoms with Crippen molar-refractivity contribution in [3.8, 4) is 0 Å². The molecule has 0 bridgehead atoms. The Morgan fingerprint density at radius 1 is 1.80 bits per heavy atom. The van der Waals surface area contributed by atoms with E-state index in [0.717, 1.165) is 17.9 Å². The molecule has 0 saturated carbocycles. The molecule has 0 aliphatic carbocycles. The molecule has 1 aliphatic heterocycles. The van der Waals surface area contributed by atoms with Gasteiger partial charge in [0, 0.05) is 27.6 Å². The summed E-state index contributed by atoms with van der Waals surface area (Å²) in [5.74, 6) is 1.64. The van der Waals surface area contributed by atoms with Crippen molar-refractivity contribution in [1.29, 1.82) is 0 Å². The number of thiocarbonyl (C=S) groups is 1. The van der Waals surface area contributed by atoms with Crippen LogP contribution in [0.4, 0.5) is 0 Å². The zero-order valence-corrected chi connectivity index (χ0v) is 8.62. The molecular formula is C5H8OS4. The average Bonchev–Trinajstić information content (AvgIpc) is 2.13. The van der Waals surface area contributed by atoms with Gasteiger partial charge in [0.05, 0.1) is 0 Å². The Hall–Kier alpha value is 0.940. The molecular weight excluding hydrogens is 204 g/mol. The first-order valence-electron chi connectivity index (χ1n) is 2.93. The summed E-state index contributed by atoms with van der Waals surface area (Å²) in [6, 6.07) is 0. The molecule has 0 aromatic heterocycles. The fourth-order valence-electron chi connectivity index (χ4n) is 0.872. The van der Waals surface area contributed by atoms with Crippen LogP contribution >= 0.6 is 36.6 Å². The van der Waals surface area contributed by atoms with Crippen LogP contribution in [0, 0.1) is 0 Å². The van der Waals surface area contributed by atoms with Crippen LogP contribution in [-0.4, -0.2) is 24.5 Å². The largest absolute Gasteiger partial charge is 0.260 e. The molecule has 1 saturated heterocycles. The first-order valence-corrected chi connectivity index (χ1v) is 6.15. The Kier molecular flexibility index (Phi) is 3.69. The molecule has 2 atom stereocenters. The fourth-order valence-corrected chi connectivity index (χ4v) is 4.42. The van der Waals surface area contributed by atoms with E-state index in [-0.39, 0.29) is 0 Å². The lowest BCUT2D eigenvalue weighted by Crippen LogP contribution is -2.02. The van der Waals surface area contributed by atoms with Gasteiger partial charge in [0.25, 0.3) is 0 Å². The first-order chi connectivity index (χ1) is 4.68. The van der Waals surface area contributed by atoms with Crippen LogP contribution in [0.25, 0.3) is 0 Å². The van der Waals surface area contributed by atoms with Crippen LogP contribution in [0.15, 0.2) is 0 Å². The second-order valence-electron chi connectivity index (χ2n) is 2.11. The minimum absolute atomic E-state index is 0.464. The molecule has 0 N–H and O–H groups in total. The molecule has 10 heavy (non-hydrogen) atoms. The average molecular weight is 212 g/mol. The maximum atomic E-state index is 10.9.